The van der Waals surface area contributed by atoms with Crippen LogP contribution in [0.1, 0.15) is 19.4 Å². The molecule has 0 fully saturated rings. The molecule has 0 radical (unpaired) electrons. The van der Waals surface area contributed by atoms with E-state index in [2.05, 4.69) is 9.72 Å². The van der Waals surface area contributed by atoms with Crippen LogP contribution in [0.5, 0.6) is 5.88 Å². The number of carbonyl (C=O) groups is 1. The van der Waals surface area contributed by atoms with Gasteiger partial charge < -0.3 is 4.74 Å². The number of aromatic nitrogens is 1. The third-order valence-corrected chi connectivity index (χ3v) is 1.96. The Bertz CT molecular complexity index is 368. The Labute approximate surface area is 85.9 Å². The molecule has 0 saturated heterocycles. The fourth-order valence-corrected chi connectivity index (χ4v) is 1.28. The summed E-state index contributed by atoms with van der Waals surface area (Å²) in [6.07, 6.45) is 1.68. The maximum atomic E-state index is 13.5. The Kier molecular flexibility index (Phi) is 3.41. The molecule has 0 aromatic carbocycles. The predicted molar refractivity (Wildman–Crippen MR) is 49.9 cm³/mol. The summed E-state index contributed by atoms with van der Waals surface area (Å²) in [5.74, 6) is -1.60. The van der Waals surface area contributed by atoms with Gasteiger partial charge in [0.15, 0.2) is 5.82 Å². The first kappa shape index (κ1) is 10.9. The molecule has 5 heteroatoms. The second-order valence-corrected chi connectivity index (χ2v) is 3.06. The summed E-state index contributed by atoms with van der Waals surface area (Å²) in [6.45, 7) is 2.93. The number of ether oxygens (including phenoxy) is 1. The number of pyridine rings is 1. The predicted octanol–water partition coefficient (Wildman–Crippen LogP) is 2.36. The van der Waals surface area contributed by atoms with E-state index >= 15 is 0 Å². The number of carbonyl (C=O) groups excluding carboxylic acids is 1. The van der Waals surface area contributed by atoms with Crippen molar-refractivity contribution >= 4 is 17.6 Å². The number of hydrogen-bond acceptors (Lipinski definition) is 3. The monoisotopic (exact) mass is 217 g/mol. The molecule has 0 atom stereocenters. The van der Waals surface area contributed by atoms with Gasteiger partial charge in [-0.15, -0.1) is 0 Å². The number of halogens is 2. The van der Waals surface area contributed by atoms with Crippen LogP contribution in [0.15, 0.2) is 6.20 Å². The van der Waals surface area contributed by atoms with Crippen molar-refractivity contribution in [1.82, 2.24) is 4.98 Å². The number of esters is 1. The molecule has 0 spiro atoms. The van der Waals surface area contributed by atoms with Crippen LogP contribution in [0.4, 0.5) is 4.39 Å². The summed E-state index contributed by atoms with van der Waals surface area (Å²) in [6, 6.07) is 0. The van der Waals surface area contributed by atoms with Gasteiger partial charge in [0.2, 0.25) is 0 Å². The zero-order chi connectivity index (χ0) is 10.7. The molecule has 14 heavy (non-hydrogen) atoms. The van der Waals surface area contributed by atoms with Crippen LogP contribution in [0, 0.1) is 5.82 Å². The van der Waals surface area contributed by atoms with Crippen LogP contribution in [0.3, 0.4) is 0 Å². The summed E-state index contributed by atoms with van der Waals surface area (Å²) in [5, 5.41) is 0.237. The van der Waals surface area contributed by atoms with E-state index in [-0.39, 0.29) is 10.9 Å². The van der Waals surface area contributed by atoms with Gasteiger partial charge in [-0.2, -0.15) is 0 Å². The highest BCUT2D eigenvalue weighted by atomic mass is 35.5. The highest BCUT2D eigenvalue weighted by Crippen LogP contribution is 2.24. The van der Waals surface area contributed by atoms with Crippen molar-refractivity contribution in [2.24, 2.45) is 0 Å². The zero-order valence-corrected chi connectivity index (χ0v) is 8.56. The molecule has 0 unspecified atom stereocenters. The lowest BCUT2D eigenvalue weighted by Gasteiger charge is -2.06. The molecule has 76 valence electrons. The molecular formula is C9H9ClFNO2. The molecule has 0 aliphatic carbocycles. The largest absolute Gasteiger partial charge is 0.404 e. The fourth-order valence-electron chi connectivity index (χ4n) is 1.02. The van der Waals surface area contributed by atoms with Gasteiger partial charge in [0.1, 0.15) is 0 Å². The molecule has 0 aliphatic heterocycles. The fraction of sp³-hybridized carbons (Fsp3) is 0.333. The van der Waals surface area contributed by atoms with Crippen molar-refractivity contribution in [2.75, 3.05) is 0 Å². The maximum Gasteiger partial charge on any atom is 0.309 e. The molecule has 0 amide bonds. The maximum absolute atomic E-state index is 13.5. The topological polar surface area (TPSA) is 39.2 Å². The zero-order valence-electron chi connectivity index (χ0n) is 7.80. The summed E-state index contributed by atoms with van der Waals surface area (Å²) in [5.41, 5.74) is 0.304. The van der Waals surface area contributed by atoms with E-state index in [1.807, 2.05) is 0 Å². The van der Waals surface area contributed by atoms with Crippen molar-refractivity contribution in [1.29, 1.82) is 0 Å². The van der Waals surface area contributed by atoms with E-state index in [1.165, 1.54) is 13.1 Å². The van der Waals surface area contributed by atoms with Crippen LogP contribution < -0.4 is 4.74 Å². The van der Waals surface area contributed by atoms with Crippen molar-refractivity contribution in [3.63, 3.8) is 0 Å². The van der Waals surface area contributed by atoms with Gasteiger partial charge in [-0.1, -0.05) is 18.5 Å². The first-order valence-electron chi connectivity index (χ1n) is 4.07. The lowest BCUT2D eigenvalue weighted by molar-refractivity contribution is -0.132. The average molecular weight is 218 g/mol. The average Bonchev–Trinajstić information content (AvgIpc) is 2.10. The van der Waals surface area contributed by atoms with Gasteiger partial charge in [-0.3, -0.25) is 4.79 Å². The van der Waals surface area contributed by atoms with Crippen molar-refractivity contribution in [2.45, 2.75) is 20.3 Å². The smallest absolute Gasteiger partial charge is 0.309 e. The molecule has 1 rings (SSSR count). The molecule has 0 aliphatic rings. The Hall–Kier alpha value is -1.16. The first-order chi connectivity index (χ1) is 6.56. The highest BCUT2D eigenvalue weighted by molar-refractivity contribution is 6.31. The summed E-state index contributed by atoms with van der Waals surface area (Å²) in [7, 11) is 0. The number of rotatable bonds is 2. The second kappa shape index (κ2) is 4.37. The van der Waals surface area contributed by atoms with Gasteiger partial charge >= 0.3 is 5.97 Å². The quantitative estimate of drug-likeness (QED) is 0.714. The van der Waals surface area contributed by atoms with Gasteiger partial charge in [0.05, 0.1) is 11.2 Å². The van der Waals surface area contributed by atoms with Crippen LogP contribution in [-0.4, -0.2) is 11.0 Å². The van der Waals surface area contributed by atoms with Crippen LogP contribution in [0.2, 0.25) is 5.02 Å². The van der Waals surface area contributed by atoms with E-state index < -0.39 is 11.8 Å². The van der Waals surface area contributed by atoms with Crippen LogP contribution in [-0.2, 0) is 11.2 Å². The highest BCUT2D eigenvalue weighted by Gasteiger charge is 2.14. The third-order valence-electron chi connectivity index (χ3n) is 1.63. The normalized spacial score (nSPS) is 10.0. The molecule has 1 heterocycles. The molecule has 0 bridgehead atoms. The SMILES string of the molecule is CCc1c(Cl)cnc(OC(C)=O)c1F. The summed E-state index contributed by atoms with van der Waals surface area (Å²) >= 11 is 5.70. The Morgan fingerprint density at radius 1 is 1.71 bits per heavy atom. The summed E-state index contributed by atoms with van der Waals surface area (Å²) in [4.78, 5) is 14.2. The molecule has 3 nitrogen and oxygen atoms in total. The van der Waals surface area contributed by atoms with E-state index in [9.17, 15) is 9.18 Å². The lowest BCUT2D eigenvalue weighted by Crippen LogP contribution is -2.06. The number of hydrogen-bond donors (Lipinski definition) is 0. The van der Waals surface area contributed by atoms with Gasteiger partial charge in [0.25, 0.3) is 5.88 Å². The minimum atomic E-state index is -0.671. The third kappa shape index (κ3) is 2.20. The molecular weight excluding hydrogens is 209 g/mol. The van der Waals surface area contributed by atoms with Gasteiger partial charge in [0, 0.05) is 12.5 Å². The van der Waals surface area contributed by atoms with Crippen molar-refractivity contribution in [3.8, 4) is 5.88 Å². The van der Waals surface area contributed by atoms with Crippen molar-refractivity contribution in [3.05, 3.63) is 22.6 Å². The Balaban J connectivity index is 3.14. The molecule has 1 aromatic heterocycles. The Morgan fingerprint density at radius 3 is 2.86 bits per heavy atom. The van der Waals surface area contributed by atoms with E-state index in [1.54, 1.807) is 6.92 Å². The summed E-state index contributed by atoms with van der Waals surface area (Å²) < 4.78 is 18.0. The van der Waals surface area contributed by atoms with Crippen LogP contribution >= 0.6 is 11.6 Å². The number of nitrogens with zero attached hydrogens (tertiary/aromatic N) is 1. The van der Waals surface area contributed by atoms with E-state index in [0.29, 0.717) is 12.0 Å². The van der Waals surface area contributed by atoms with Crippen LogP contribution in [0.25, 0.3) is 0 Å². The van der Waals surface area contributed by atoms with Gasteiger partial charge in [-0.25, -0.2) is 9.37 Å². The second-order valence-electron chi connectivity index (χ2n) is 2.65. The van der Waals surface area contributed by atoms with Crippen molar-refractivity contribution < 1.29 is 13.9 Å². The van der Waals surface area contributed by atoms with E-state index in [4.69, 9.17) is 11.6 Å². The molecule has 0 saturated carbocycles. The minimum Gasteiger partial charge on any atom is -0.404 e. The standard InChI is InChI=1S/C9H9ClFNO2/c1-3-6-7(10)4-12-9(8(6)11)14-5(2)13/h4H,3H2,1-2H3. The first-order valence-corrected chi connectivity index (χ1v) is 4.45. The van der Waals surface area contributed by atoms with E-state index in [0.717, 1.165) is 0 Å². The lowest BCUT2D eigenvalue weighted by atomic mass is 10.2. The minimum absolute atomic E-state index is 0.237. The Morgan fingerprint density at radius 2 is 2.36 bits per heavy atom. The van der Waals surface area contributed by atoms with Gasteiger partial charge in [-0.05, 0) is 6.42 Å². The molecule has 1 aromatic rings. The molecule has 0 N–H and O–H groups in total.